The highest BCUT2D eigenvalue weighted by Crippen LogP contribution is 2.18. The predicted octanol–water partition coefficient (Wildman–Crippen LogP) is 2.38. The van der Waals surface area contributed by atoms with Crippen molar-refractivity contribution >= 4 is 11.9 Å². The molecule has 0 spiro atoms. The van der Waals surface area contributed by atoms with Crippen molar-refractivity contribution in [3.8, 4) is 5.75 Å². The lowest BCUT2D eigenvalue weighted by molar-refractivity contribution is -0.137. The number of rotatable bonds is 9. The van der Waals surface area contributed by atoms with Gasteiger partial charge in [-0.15, -0.1) is 0 Å². The van der Waals surface area contributed by atoms with E-state index in [9.17, 15) is 14.7 Å². The minimum atomic E-state index is -0.770. The number of carbonyl (C=O) groups excluding carboxylic acids is 1. The van der Waals surface area contributed by atoms with Crippen molar-refractivity contribution in [2.45, 2.75) is 39.0 Å². The fourth-order valence-corrected chi connectivity index (χ4v) is 2.27. The van der Waals surface area contributed by atoms with E-state index in [4.69, 9.17) is 10.9 Å². The van der Waals surface area contributed by atoms with E-state index in [2.05, 4.69) is 6.92 Å². The van der Waals surface area contributed by atoms with E-state index in [0.717, 1.165) is 24.3 Å². The van der Waals surface area contributed by atoms with Crippen molar-refractivity contribution < 1.29 is 19.8 Å². The molecule has 0 aliphatic carbocycles. The molecule has 6 heteroatoms. The Morgan fingerprint density at radius 2 is 1.86 bits per heavy atom. The lowest BCUT2D eigenvalue weighted by Crippen LogP contribution is -2.38. The average molecular weight is 308 g/mol. The van der Waals surface area contributed by atoms with Gasteiger partial charge >= 0.3 is 5.97 Å². The molecule has 0 heterocycles. The highest BCUT2D eigenvalue weighted by Gasteiger charge is 2.15. The van der Waals surface area contributed by atoms with Gasteiger partial charge in [0, 0.05) is 13.0 Å². The lowest BCUT2D eigenvalue weighted by atomic mass is 9.99. The molecule has 0 aliphatic heterocycles. The minimum Gasteiger partial charge on any atom is -0.507 e. The Labute approximate surface area is 130 Å². The van der Waals surface area contributed by atoms with Crippen LogP contribution in [-0.4, -0.2) is 33.6 Å². The number of hydrogen-bond acceptors (Lipinski definition) is 4. The summed E-state index contributed by atoms with van der Waals surface area (Å²) in [7, 11) is 0. The molecule has 0 radical (unpaired) electrons. The molecular weight excluding hydrogens is 284 g/mol. The van der Waals surface area contributed by atoms with Gasteiger partial charge in [0.05, 0.1) is 5.56 Å². The third kappa shape index (κ3) is 6.13. The average Bonchev–Trinajstić information content (AvgIpc) is 2.46. The zero-order chi connectivity index (χ0) is 16.5. The van der Waals surface area contributed by atoms with E-state index >= 15 is 0 Å². The molecule has 0 saturated heterocycles. The second kappa shape index (κ2) is 9.04. The normalized spacial score (nSPS) is 11.9. The largest absolute Gasteiger partial charge is 0.507 e. The first-order chi connectivity index (χ1) is 10.4. The van der Waals surface area contributed by atoms with Crippen molar-refractivity contribution in [1.29, 1.82) is 0 Å². The van der Waals surface area contributed by atoms with Gasteiger partial charge in [-0.1, -0.05) is 25.5 Å². The number of benzene rings is 1. The van der Waals surface area contributed by atoms with E-state index in [1.165, 1.54) is 12.1 Å². The molecule has 4 N–H and O–H groups in total. The third-order valence-corrected chi connectivity index (χ3v) is 3.58. The van der Waals surface area contributed by atoms with Gasteiger partial charge in [-0.2, -0.15) is 0 Å². The van der Waals surface area contributed by atoms with Gasteiger partial charge in [-0.3, -0.25) is 14.6 Å². The Hall–Kier alpha value is -2.08. The Kier molecular flexibility index (Phi) is 7.39. The van der Waals surface area contributed by atoms with Crippen molar-refractivity contribution in [3.63, 3.8) is 0 Å². The molecular formula is C16H24N2O4. The first kappa shape index (κ1) is 18.0. The van der Waals surface area contributed by atoms with E-state index in [0.29, 0.717) is 18.9 Å². The minimum absolute atomic E-state index is 0.0787. The zero-order valence-corrected chi connectivity index (χ0v) is 12.9. The molecule has 0 saturated carbocycles. The van der Waals surface area contributed by atoms with Crippen LogP contribution in [0.2, 0.25) is 0 Å². The highest BCUT2D eigenvalue weighted by molar-refractivity contribution is 5.96. The van der Waals surface area contributed by atoms with Crippen LogP contribution in [0, 0.1) is 5.92 Å². The smallest absolute Gasteiger partial charge is 0.303 e. The maximum atomic E-state index is 12.1. The summed E-state index contributed by atoms with van der Waals surface area (Å²) in [5.41, 5.74) is 0.194. The van der Waals surface area contributed by atoms with Crippen molar-refractivity contribution in [2.75, 3.05) is 6.54 Å². The highest BCUT2D eigenvalue weighted by atomic mass is 16.4. The Bertz CT molecular complexity index is 505. The van der Waals surface area contributed by atoms with Gasteiger partial charge in [0.25, 0.3) is 5.91 Å². The maximum Gasteiger partial charge on any atom is 0.303 e. The van der Waals surface area contributed by atoms with Crippen molar-refractivity contribution in [2.24, 2.45) is 11.8 Å². The summed E-state index contributed by atoms with van der Waals surface area (Å²) in [5, 5.41) is 19.3. The number of phenolic OH excluding ortho intramolecular Hbond substituents is 1. The Morgan fingerprint density at radius 1 is 1.23 bits per heavy atom. The van der Waals surface area contributed by atoms with Gasteiger partial charge in [-0.25, -0.2) is 5.84 Å². The summed E-state index contributed by atoms with van der Waals surface area (Å²) in [6.45, 7) is 2.46. The fourth-order valence-electron chi connectivity index (χ4n) is 2.27. The number of phenols is 1. The van der Waals surface area contributed by atoms with Gasteiger partial charge in [-0.05, 0) is 37.3 Å². The quantitative estimate of drug-likeness (QED) is 0.369. The number of hydrogen-bond donors (Lipinski definition) is 3. The number of nitrogens with zero attached hydrogens (tertiary/aromatic N) is 1. The molecule has 0 bridgehead atoms. The van der Waals surface area contributed by atoms with Crippen LogP contribution < -0.4 is 5.84 Å². The summed E-state index contributed by atoms with van der Waals surface area (Å²) in [6.07, 6.45) is 3.33. The predicted molar refractivity (Wildman–Crippen MR) is 83.2 cm³/mol. The summed E-state index contributed by atoms with van der Waals surface area (Å²) in [5.74, 6) is 4.88. The topological polar surface area (TPSA) is 104 Å². The molecule has 1 aromatic carbocycles. The molecule has 22 heavy (non-hydrogen) atoms. The van der Waals surface area contributed by atoms with Crippen LogP contribution in [0.4, 0.5) is 0 Å². The standard InChI is InChI=1S/C16H24N2O4/c1-12(6-4-10-15(20)21)7-5-11-18(17)16(22)13-8-2-3-9-14(13)19/h2-3,8-9,12,19H,4-7,10-11,17H2,1H3,(H,20,21). The van der Waals surface area contributed by atoms with Crippen molar-refractivity contribution in [3.05, 3.63) is 29.8 Å². The molecule has 0 aromatic heterocycles. The van der Waals surface area contributed by atoms with Crippen molar-refractivity contribution in [1.82, 2.24) is 5.01 Å². The van der Waals surface area contributed by atoms with Crippen LogP contribution in [0.1, 0.15) is 49.4 Å². The molecule has 0 aliphatic rings. The number of aromatic hydroxyl groups is 1. The number of carbonyl (C=O) groups is 2. The zero-order valence-electron chi connectivity index (χ0n) is 12.9. The number of hydrazine groups is 1. The van der Waals surface area contributed by atoms with Crippen LogP contribution in [0.15, 0.2) is 24.3 Å². The van der Waals surface area contributed by atoms with Crippen LogP contribution in [-0.2, 0) is 4.79 Å². The number of nitrogens with two attached hydrogens (primary N) is 1. The fraction of sp³-hybridized carbons (Fsp3) is 0.500. The summed E-state index contributed by atoms with van der Waals surface area (Å²) < 4.78 is 0. The molecule has 1 rings (SSSR count). The van der Waals surface area contributed by atoms with E-state index in [1.807, 2.05) is 0 Å². The van der Waals surface area contributed by atoms with Crippen LogP contribution in [0.3, 0.4) is 0 Å². The number of amides is 1. The SMILES string of the molecule is CC(CCCC(=O)O)CCCN(N)C(=O)c1ccccc1O. The Morgan fingerprint density at radius 3 is 2.50 bits per heavy atom. The molecule has 1 unspecified atom stereocenters. The number of aliphatic carboxylic acids is 1. The molecule has 1 amide bonds. The van der Waals surface area contributed by atoms with Crippen LogP contribution >= 0.6 is 0 Å². The molecule has 6 nitrogen and oxygen atoms in total. The first-order valence-electron chi connectivity index (χ1n) is 7.48. The molecule has 0 fully saturated rings. The number of carboxylic acid groups (broad SMARTS) is 1. The molecule has 1 atom stereocenters. The van der Waals surface area contributed by atoms with E-state index in [1.54, 1.807) is 12.1 Å². The van der Waals surface area contributed by atoms with E-state index < -0.39 is 11.9 Å². The second-order valence-electron chi connectivity index (χ2n) is 5.55. The lowest BCUT2D eigenvalue weighted by Gasteiger charge is -2.18. The first-order valence-corrected chi connectivity index (χ1v) is 7.48. The summed E-state index contributed by atoms with van der Waals surface area (Å²) >= 11 is 0. The second-order valence-corrected chi connectivity index (χ2v) is 5.55. The molecule has 122 valence electrons. The van der Waals surface area contributed by atoms with Gasteiger partial charge < -0.3 is 10.2 Å². The summed E-state index contributed by atoms with van der Waals surface area (Å²) in [4.78, 5) is 22.5. The van der Waals surface area contributed by atoms with E-state index in [-0.39, 0.29) is 17.7 Å². The summed E-state index contributed by atoms with van der Waals surface area (Å²) in [6, 6.07) is 6.30. The van der Waals surface area contributed by atoms with Crippen LogP contribution in [0.5, 0.6) is 5.75 Å². The van der Waals surface area contributed by atoms with Gasteiger partial charge in [0.2, 0.25) is 0 Å². The number of carboxylic acids is 1. The number of para-hydroxylation sites is 1. The van der Waals surface area contributed by atoms with Gasteiger partial charge in [0.15, 0.2) is 0 Å². The van der Waals surface area contributed by atoms with Gasteiger partial charge in [0.1, 0.15) is 5.75 Å². The van der Waals surface area contributed by atoms with Crippen LogP contribution in [0.25, 0.3) is 0 Å². The maximum absolute atomic E-state index is 12.1. The Balaban J connectivity index is 2.31. The molecule has 1 aromatic rings. The monoisotopic (exact) mass is 308 g/mol. The third-order valence-electron chi connectivity index (χ3n) is 3.58.